The normalized spacial score (nSPS) is 11.2. The summed E-state index contributed by atoms with van der Waals surface area (Å²) in [4.78, 5) is 24.0. The Hall–Kier alpha value is -4.13. The summed E-state index contributed by atoms with van der Waals surface area (Å²) < 4.78 is 7.30. The molecular weight excluding hydrogens is 368 g/mol. The van der Waals surface area contributed by atoms with E-state index in [-0.39, 0.29) is 11.5 Å². The van der Waals surface area contributed by atoms with Crippen molar-refractivity contribution in [3.05, 3.63) is 83.9 Å². The van der Waals surface area contributed by atoms with Crippen molar-refractivity contribution in [2.45, 2.75) is 6.92 Å². The number of para-hydroxylation sites is 1. The van der Waals surface area contributed by atoms with Gasteiger partial charge in [-0.1, -0.05) is 18.2 Å². The van der Waals surface area contributed by atoms with E-state index in [2.05, 4.69) is 10.4 Å². The molecule has 4 aromatic rings. The lowest BCUT2D eigenvalue weighted by Crippen LogP contribution is -2.15. The van der Waals surface area contributed by atoms with E-state index in [1.807, 2.05) is 43.5 Å². The molecule has 0 bridgehead atoms. The van der Waals surface area contributed by atoms with Gasteiger partial charge in [0.25, 0.3) is 0 Å². The first-order valence-corrected chi connectivity index (χ1v) is 8.93. The third-order valence-corrected chi connectivity index (χ3v) is 4.34. The van der Waals surface area contributed by atoms with Crippen molar-refractivity contribution in [1.29, 1.82) is 0 Å². The highest BCUT2D eigenvalue weighted by atomic mass is 16.3. The summed E-state index contributed by atoms with van der Waals surface area (Å²) in [5.74, 6) is -0.395. The van der Waals surface area contributed by atoms with Crippen LogP contribution in [0.5, 0.6) is 0 Å². The van der Waals surface area contributed by atoms with Crippen molar-refractivity contribution in [1.82, 2.24) is 9.78 Å². The topological polar surface area (TPSA) is 103 Å². The van der Waals surface area contributed by atoms with Crippen molar-refractivity contribution < 1.29 is 14.0 Å². The molecule has 0 saturated heterocycles. The van der Waals surface area contributed by atoms with Crippen LogP contribution in [-0.2, 0) is 4.79 Å². The predicted octanol–water partition coefficient (Wildman–Crippen LogP) is 3.68. The molecular formula is C22H18N4O3. The number of aryl methyl sites for hydroxylation is 1. The van der Waals surface area contributed by atoms with Gasteiger partial charge < -0.3 is 15.5 Å². The number of benzene rings is 2. The predicted molar refractivity (Wildman–Crippen MR) is 111 cm³/mol. The van der Waals surface area contributed by atoms with Crippen LogP contribution in [0, 0.1) is 6.92 Å². The quantitative estimate of drug-likeness (QED) is 0.511. The Morgan fingerprint density at radius 3 is 2.72 bits per heavy atom. The van der Waals surface area contributed by atoms with Gasteiger partial charge in [-0.05, 0) is 48.9 Å². The third-order valence-electron chi connectivity index (χ3n) is 4.34. The molecule has 0 aliphatic carbocycles. The molecule has 0 spiro atoms. The molecule has 3 N–H and O–H groups in total. The standard InChI is InChI=1S/C22H18N4O3/c1-14-12-24-26(13-14)19-8-6-16(22(23)28)11-18(19)25-21(27)9-7-17-10-15-4-2-3-5-20(15)29-17/h2-13H,1H3,(H2,23,28)(H,25,27)/b9-7+. The van der Waals surface area contributed by atoms with E-state index in [9.17, 15) is 9.59 Å². The van der Waals surface area contributed by atoms with Gasteiger partial charge in [0.05, 0.1) is 17.6 Å². The fourth-order valence-electron chi connectivity index (χ4n) is 2.95. The van der Waals surface area contributed by atoms with Gasteiger partial charge in [0, 0.05) is 23.2 Å². The van der Waals surface area contributed by atoms with Gasteiger partial charge in [-0.25, -0.2) is 4.68 Å². The van der Waals surface area contributed by atoms with Crippen LogP contribution in [0.1, 0.15) is 21.7 Å². The van der Waals surface area contributed by atoms with Gasteiger partial charge in [-0.2, -0.15) is 5.10 Å². The fraction of sp³-hybridized carbons (Fsp3) is 0.0455. The van der Waals surface area contributed by atoms with Gasteiger partial charge in [0.15, 0.2) is 0 Å². The van der Waals surface area contributed by atoms with Gasteiger partial charge >= 0.3 is 0 Å². The fourth-order valence-corrected chi connectivity index (χ4v) is 2.95. The minimum Gasteiger partial charge on any atom is -0.457 e. The summed E-state index contributed by atoms with van der Waals surface area (Å²) in [6.07, 6.45) is 6.48. The van der Waals surface area contributed by atoms with Crippen LogP contribution >= 0.6 is 0 Å². The number of nitrogens with zero attached hydrogens (tertiary/aromatic N) is 2. The molecule has 0 atom stereocenters. The molecule has 2 aromatic carbocycles. The van der Waals surface area contributed by atoms with Crippen LogP contribution in [0.15, 0.2) is 71.4 Å². The summed E-state index contributed by atoms with van der Waals surface area (Å²) in [7, 11) is 0. The summed E-state index contributed by atoms with van der Waals surface area (Å²) >= 11 is 0. The molecule has 0 aliphatic rings. The number of amides is 2. The van der Waals surface area contributed by atoms with Crippen molar-refractivity contribution in [3.63, 3.8) is 0 Å². The first-order chi connectivity index (χ1) is 14.0. The molecule has 0 aliphatic heterocycles. The molecule has 0 radical (unpaired) electrons. The van der Waals surface area contributed by atoms with Crippen molar-refractivity contribution >= 4 is 34.5 Å². The molecule has 2 heterocycles. The van der Waals surface area contributed by atoms with Gasteiger partial charge in [0.2, 0.25) is 11.8 Å². The number of hydrogen-bond donors (Lipinski definition) is 2. The number of primary amides is 1. The van der Waals surface area contributed by atoms with E-state index in [0.717, 1.165) is 16.5 Å². The van der Waals surface area contributed by atoms with Crippen LogP contribution in [0.4, 0.5) is 5.69 Å². The van der Waals surface area contributed by atoms with Crippen LogP contribution in [0.2, 0.25) is 0 Å². The highest BCUT2D eigenvalue weighted by Gasteiger charge is 2.12. The zero-order chi connectivity index (χ0) is 20.4. The Morgan fingerprint density at radius 2 is 2.00 bits per heavy atom. The average molecular weight is 386 g/mol. The Labute approximate surface area is 166 Å². The highest BCUT2D eigenvalue weighted by molar-refractivity contribution is 6.04. The van der Waals surface area contributed by atoms with Gasteiger partial charge in [-0.3, -0.25) is 9.59 Å². The molecule has 2 aromatic heterocycles. The number of carbonyl (C=O) groups excluding carboxylic acids is 2. The maximum Gasteiger partial charge on any atom is 0.248 e. The second kappa shape index (κ2) is 7.47. The van der Waals surface area contributed by atoms with E-state index >= 15 is 0 Å². The van der Waals surface area contributed by atoms with E-state index in [4.69, 9.17) is 10.2 Å². The maximum absolute atomic E-state index is 12.5. The first kappa shape index (κ1) is 18.2. The summed E-state index contributed by atoms with van der Waals surface area (Å²) in [5, 5.41) is 8.00. The van der Waals surface area contributed by atoms with Gasteiger partial charge in [0.1, 0.15) is 11.3 Å². The summed E-state index contributed by atoms with van der Waals surface area (Å²) in [6, 6.07) is 14.3. The molecule has 7 nitrogen and oxygen atoms in total. The van der Waals surface area contributed by atoms with E-state index < -0.39 is 5.91 Å². The monoisotopic (exact) mass is 386 g/mol. The number of nitrogens with one attached hydrogen (secondary N) is 1. The number of hydrogen-bond acceptors (Lipinski definition) is 4. The number of nitrogens with two attached hydrogens (primary N) is 1. The number of aromatic nitrogens is 2. The molecule has 29 heavy (non-hydrogen) atoms. The molecule has 144 valence electrons. The third kappa shape index (κ3) is 3.93. The molecule has 0 saturated carbocycles. The summed E-state index contributed by atoms with van der Waals surface area (Å²) in [6.45, 7) is 1.91. The van der Waals surface area contributed by atoms with Crippen molar-refractivity contribution in [3.8, 4) is 5.69 Å². The lowest BCUT2D eigenvalue weighted by molar-refractivity contribution is -0.111. The maximum atomic E-state index is 12.5. The van der Waals surface area contributed by atoms with Crippen molar-refractivity contribution in [2.75, 3.05) is 5.32 Å². The second-order valence-electron chi connectivity index (χ2n) is 6.57. The Kier molecular flexibility index (Phi) is 4.70. The largest absolute Gasteiger partial charge is 0.457 e. The zero-order valence-corrected chi connectivity index (χ0v) is 15.6. The number of carbonyl (C=O) groups is 2. The zero-order valence-electron chi connectivity index (χ0n) is 15.6. The molecule has 0 unspecified atom stereocenters. The van der Waals surface area contributed by atoms with E-state index in [1.54, 1.807) is 29.1 Å². The Morgan fingerprint density at radius 1 is 1.17 bits per heavy atom. The SMILES string of the molecule is Cc1cnn(-c2ccc(C(N)=O)cc2NC(=O)/C=C/c2cc3ccccc3o2)c1. The van der Waals surface area contributed by atoms with Gasteiger partial charge in [-0.15, -0.1) is 0 Å². The van der Waals surface area contributed by atoms with E-state index in [0.29, 0.717) is 17.1 Å². The van der Waals surface area contributed by atoms with Crippen LogP contribution < -0.4 is 11.1 Å². The van der Waals surface area contributed by atoms with Crippen molar-refractivity contribution in [2.24, 2.45) is 5.73 Å². The second-order valence-corrected chi connectivity index (χ2v) is 6.57. The summed E-state index contributed by atoms with van der Waals surface area (Å²) in [5.41, 5.74) is 8.41. The lowest BCUT2D eigenvalue weighted by atomic mass is 10.1. The smallest absolute Gasteiger partial charge is 0.248 e. The number of rotatable bonds is 5. The van der Waals surface area contributed by atoms with Crippen LogP contribution in [0.3, 0.4) is 0 Å². The average Bonchev–Trinajstić information content (AvgIpc) is 3.32. The van der Waals surface area contributed by atoms with E-state index in [1.165, 1.54) is 12.1 Å². The molecule has 7 heteroatoms. The Balaban J connectivity index is 1.60. The lowest BCUT2D eigenvalue weighted by Gasteiger charge is -2.11. The number of fused-ring (bicyclic) bond motifs is 1. The molecule has 2 amide bonds. The highest BCUT2D eigenvalue weighted by Crippen LogP contribution is 2.23. The molecule has 0 fully saturated rings. The first-order valence-electron chi connectivity index (χ1n) is 8.93. The number of furan rings is 1. The Bertz CT molecular complexity index is 1220. The van der Waals surface area contributed by atoms with Crippen LogP contribution in [0.25, 0.3) is 22.7 Å². The minimum absolute atomic E-state index is 0.286. The minimum atomic E-state index is -0.582. The van der Waals surface area contributed by atoms with Crippen LogP contribution in [-0.4, -0.2) is 21.6 Å². The molecule has 4 rings (SSSR count). The number of anilines is 1.